The summed E-state index contributed by atoms with van der Waals surface area (Å²) in [5, 5.41) is 10.2. The fraction of sp³-hybridized carbons (Fsp3) is 0.462. The van der Waals surface area contributed by atoms with E-state index in [1.54, 1.807) is 19.4 Å². The van der Waals surface area contributed by atoms with Gasteiger partial charge in [0, 0.05) is 26.3 Å². The third-order valence-electron chi connectivity index (χ3n) is 3.36. The average Bonchev–Trinajstić information content (AvgIpc) is 3.16. The summed E-state index contributed by atoms with van der Waals surface area (Å²) in [4.78, 5) is 22.8. The average molecular weight is 287 g/mol. The molecule has 21 heavy (non-hydrogen) atoms. The summed E-state index contributed by atoms with van der Waals surface area (Å²) in [5.41, 5.74) is 0.285. The lowest BCUT2D eigenvalue weighted by molar-refractivity contribution is 0.0945. The van der Waals surface area contributed by atoms with Crippen molar-refractivity contribution < 1.29 is 4.79 Å². The van der Waals surface area contributed by atoms with E-state index in [4.69, 9.17) is 0 Å². The lowest BCUT2D eigenvalue weighted by Crippen LogP contribution is -2.25. The van der Waals surface area contributed by atoms with Crippen LogP contribution >= 0.6 is 0 Å². The Morgan fingerprint density at radius 1 is 1.38 bits per heavy atom. The van der Waals surface area contributed by atoms with Crippen LogP contribution in [0, 0.1) is 0 Å². The van der Waals surface area contributed by atoms with Gasteiger partial charge in [0.15, 0.2) is 5.69 Å². The molecule has 0 unspecified atom stereocenters. The van der Waals surface area contributed by atoms with E-state index in [0.29, 0.717) is 5.82 Å². The second kappa shape index (κ2) is 5.86. The SMILES string of the molecule is Cn1cc(C(=O)NCc2nccc(N3CCCC3)n2)nn1. The van der Waals surface area contributed by atoms with Crippen molar-refractivity contribution in [3.8, 4) is 0 Å². The molecule has 3 rings (SSSR count). The largest absolute Gasteiger partial charge is 0.357 e. The number of nitrogens with one attached hydrogen (secondary N) is 1. The van der Waals surface area contributed by atoms with Gasteiger partial charge in [0.1, 0.15) is 11.6 Å². The molecule has 0 radical (unpaired) electrons. The van der Waals surface area contributed by atoms with Crippen molar-refractivity contribution in [3.63, 3.8) is 0 Å². The molecule has 0 aliphatic carbocycles. The first kappa shape index (κ1) is 13.5. The Kier molecular flexibility index (Phi) is 3.76. The molecule has 0 atom stereocenters. The van der Waals surface area contributed by atoms with Gasteiger partial charge in [-0.2, -0.15) is 0 Å². The van der Waals surface area contributed by atoms with Crippen LogP contribution in [0.15, 0.2) is 18.5 Å². The van der Waals surface area contributed by atoms with Crippen LogP contribution in [-0.2, 0) is 13.6 Å². The molecule has 8 heteroatoms. The lowest BCUT2D eigenvalue weighted by Gasteiger charge is -2.16. The van der Waals surface area contributed by atoms with Gasteiger partial charge >= 0.3 is 0 Å². The predicted molar refractivity (Wildman–Crippen MR) is 75.7 cm³/mol. The van der Waals surface area contributed by atoms with Crippen molar-refractivity contribution in [3.05, 3.63) is 30.0 Å². The number of aryl methyl sites for hydroxylation is 1. The minimum atomic E-state index is -0.279. The summed E-state index contributed by atoms with van der Waals surface area (Å²) >= 11 is 0. The zero-order valence-corrected chi connectivity index (χ0v) is 11.9. The number of rotatable bonds is 4. The van der Waals surface area contributed by atoms with Crippen LogP contribution in [0.25, 0.3) is 0 Å². The Balaban J connectivity index is 1.62. The Bertz CT molecular complexity index is 633. The van der Waals surface area contributed by atoms with Gasteiger partial charge in [-0.15, -0.1) is 5.10 Å². The van der Waals surface area contributed by atoms with Gasteiger partial charge in [-0.3, -0.25) is 9.48 Å². The minimum Gasteiger partial charge on any atom is -0.357 e. The van der Waals surface area contributed by atoms with Crippen molar-refractivity contribution in [2.45, 2.75) is 19.4 Å². The Labute approximate surface area is 122 Å². The third-order valence-corrected chi connectivity index (χ3v) is 3.36. The van der Waals surface area contributed by atoms with E-state index in [2.05, 4.69) is 30.5 Å². The number of aromatic nitrogens is 5. The molecule has 8 nitrogen and oxygen atoms in total. The van der Waals surface area contributed by atoms with E-state index in [1.165, 1.54) is 17.5 Å². The van der Waals surface area contributed by atoms with E-state index in [-0.39, 0.29) is 18.1 Å². The number of carbonyl (C=O) groups is 1. The predicted octanol–water partition coefficient (Wildman–Crippen LogP) is 0.135. The Morgan fingerprint density at radius 2 is 2.19 bits per heavy atom. The molecule has 0 spiro atoms. The number of amides is 1. The van der Waals surface area contributed by atoms with Gasteiger partial charge in [0.25, 0.3) is 5.91 Å². The van der Waals surface area contributed by atoms with Gasteiger partial charge in [-0.05, 0) is 18.9 Å². The molecule has 1 fully saturated rings. The van der Waals surface area contributed by atoms with Crippen LogP contribution in [0.5, 0.6) is 0 Å². The van der Waals surface area contributed by atoms with Crippen LogP contribution in [-0.4, -0.2) is 44.0 Å². The van der Waals surface area contributed by atoms with Gasteiger partial charge < -0.3 is 10.2 Å². The van der Waals surface area contributed by atoms with Gasteiger partial charge in [0.2, 0.25) is 0 Å². The second-order valence-electron chi connectivity index (χ2n) is 4.99. The smallest absolute Gasteiger partial charge is 0.273 e. The highest BCUT2D eigenvalue weighted by molar-refractivity contribution is 5.91. The molecule has 1 saturated heterocycles. The van der Waals surface area contributed by atoms with Gasteiger partial charge in [-0.25, -0.2) is 9.97 Å². The first-order valence-corrected chi connectivity index (χ1v) is 6.94. The Hall–Kier alpha value is -2.51. The van der Waals surface area contributed by atoms with E-state index in [1.807, 2.05) is 6.07 Å². The first-order valence-electron chi connectivity index (χ1n) is 6.94. The normalized spacial score (nSPS) is 14.4. The summed E-state index contributed by atoms with van der Waals surface area (Å²) in [5.74, 6) is 1.24. The van der Waals surface area contributed by atoms with Crippen molar-refractivity contribution in [1.82, 2.24) is 30.3 Å². The molecule has 1 amide bonds. The molecule has 1 aliphatic rings. The topological polar surface area (TPSA) is 88.8 Å². The molecule has 0 aromatic carbocycles. The molecule has 0 bridgehead atoms. The number of hydrogen-bond acceptors (Lipinski definition) is 6. The van der Waals surface area contributed by atoms with Crippen molar-refractivity contribution in [2.24, 2.45) is 7.05 Å². The molecule has 110 valence electrons. The zero-order valence-electron chi connectivity index (χ0n) is 11.9. The van der Waals surface area contributed by atoms with E-state index in [0.717, 1.165) is 18.9 Å². The maximum atomic E-state index is 11.9. The molecule has 2 aromatic heterocycles. The maximum Gasteiger partial charge on any atom is 0.273 e. The molecule has 0 saturated carbocycles. The third kappa shape index (κ3) is 3.15. The van der Waals surface area contributed by atoms with E-state index >= 15 is 0 Å². The maximum absolute atomic E-state index is 11.9. The Morgan fingerprint density at radius 3 is 2.90 bits per heavy atom. The van der Waals surface area contributed by atoms with Crippen molar-refractivity contribution in [2.75, 3.05) is 18.0 Å². The fourth-order valence-electron chi connectivity index (χ4n) is 2.30. The van der Waals surface area contributed by atoms with E-state index < -0.39 is 0 Å². The molecule has 3 heterocycles. The van der Waals surface area contributed by atoms with Crippen LogP contribution < -0.4 is 10.2 Å². The summed E-state index contributed by atoms with van der Waals surface area (Å²) in [6, 6.07) is 1.90. The van der Waals surface area contributed by atoms with E-state index in [9.17, 15) is 4.79 Å². The van der Waals surface area contributed by atoms with Crippen LogP contribution in [0.2, 0.25) is 0 Å². The monoisotopic (exact) mass is 287 g/mol. The van der Waals surface area contributed by atoms with Crippen LogP contribution in [0.4, 0.5) is 5.82 Å². The zero-order chi connectivity index (χ0) is 14.7. The number of anilines is 1. The second-order valence-corrected chi connectivity index (χ2v) is 4.99. The van der Waals surface area contributed by atoms with Gasteiger partial charge in [0.05, 0.1) is 12.7 Å². The highest BCUT2D eigenvalue weighted by Crippen LogP contribution is 2.16. The quantitative estimate of drug-likeness (QED) is 0.860. The highest BCUT2D eigenvalue weighted by Gasteiger charge is 2.15. The van der Waals surface area contributed by atoms with Gasteiger partial charge in [-0.1, -0.05) is 5.21 Å². The van der Waals surface area contributed by atoms with Crippen molar-refractivity contribution >= 4 is 11.7 Å². The lowest BCUT2D eigenvalue weighted by atomic mass is 10.4. The molecule has 2 aromatic rings. The molecular formula is C13H17N7O. The first-order chi connectivity index (χ1) is 10.2. The standard InChI is InChI=1S/C13H17N7O/c1-19-9-10(17-18-19)13(21)15-8-11-14-5-4-12(16-11)20-6-2-3-7-20/h4-5,9H,2-3,6-8H2,1H3,(H,15,21). The summed E-state index contributed by atoms with van der Waals surface area (Å²) in [7, 11) is 1.71. The molecular weight excluding hydrogens is 270 g/mol. The van der Waals surface area contributed by atoms with Crippen LogP contribution in [0.3, 0.4) is 0 Å². The summed E-state index contributed by atoms with van der Waals surface area (Å²) < 4.78 is 1.49. The summed E-state index contributed by atoms with van der Waals surface area (Å²) in [6.45, 7) is 2.34. The van der Waals surface area contributed by atoms with Crippen molar-refractivity contribution in [1.29, 1.82) is 0 Å². The number of carbonyl (C=O) groups excluding carboxylic acids is 1. The molecule has 1 aliphatic heterocycles. The minimum absolute atomic E-state index is 0.275. The molecule has 1 N–H and O–H groups in total. The fourth-order valence-corrected chi connectivity index (χ4v) is 2.30. The summed E-state index contributed by atoms with van der Waals surface area (Å²) in [6.07, 6.45) is 5.69. The van der Waals surface area contributed by atoms with Crippen LogP contribution in [0.1, 0.15) is 29.2 Å². The number of hydrogen-bond donors (Lipinski definition) is 1. The number of nitrogens with zero attached hydrogens (tertiary/aromatic N) is 6. The highest BCUT2D eigenvalue weighted by atomic mass is 16.2.